The largest absolute Gasteiger partial charge is 0.497 e. The van der Waals surface area contributed by atoms with Crippen LogP contribution >= 0.6 is 0 Å². The monoisotopic (exact) mass is 273 g/mol. The van der Waals surface area contributed by atoms with E-state index in [9.17, 15) is 13.2 Å². The summed E-state index contributed by atoms with van der Waals surface area (Å²) in [5.74, 6) is 0.0605. The molecule has 0 bridgehead atoms. The van der Waals surface area contributed by atoms with Crippen LogP contribution in [0.3, 0.4) is 0 Å². The van der Waals surface area contributed by atoms with Gasteiger partial charge in [0.25, 0.3) is 0 Å². The topological polar surface area (TPSA) is 81.7 Å². The molecule has 0 atom stereocenters. The molecule has 1 amide bonds. The summed E-state index contributed by atoms with van der Waals surface area (Å²) < 4.78 is 33.2. The molecule has 1 rings (SSSR count). The number of sulfone groups is 1. The van der Waals surface area contributed by atoms with E-state index in [1.165, 1.54) is 31.4 Å². The number of carbonyl (C=O) groups is 1. The van der Waals surface area contributed by atoms with Crippen LogP contribution in [0.4, 0.5) is 4.79 Å². The molecular formula is C11H15NO5S. The third-order valence-electron chi connectivity index (χ3n) is 2.10. The maximum atomic E-state index is 11.8. The normalized spacial score (nSPS) is 10.8. The Labute approximate surface area is 106 Å². The van der Waals surface area contributed by atoms with E-state index in [0.29, 0.717) is 5.75 Å². The van der Waals surface area contributed by atoms with Crippen molar-refractivity contribution in [3.8, 4) is 5.75 Å². The zero-order valence-electron chi connectivity index (χ0n) is 10.2. The molecule has 0 saturated heterocycles. The fourth-order valence-corrected chi connectivity index (χ4v) is 2.23. The average molecular weight is 273 g/mol. The highest BCUT2D eigenvalue weighted by Crippen LogP contribution is 2.16. The molecule has 0 fully saturated rings. The average Bonchev–Trinajstić information content (AvgIpc) is 2.37. The van der Waals surface area contributed by atoms with Crippen LogP contribution in [0.1, 0.15) is 6.92 Å². The Kier molecular flexibility index (Phi) is 4.96. The lowest BCUT2D eigenvalue weighted by molar-refractivity contribution is 0.154. The predicted molar refractivity (Wildman–Crippen MR) is 65.2 cm³/mol. The van der Waals surface area contributed by atoms with Gasteiger partial charge in [-0.3, -0.25) is 0 Å². The van der Waals surface area contributed by atoms with E-state index < -0.39 is 21.8 Å². The first-order valence-electron chi connectivity index (χ1n) is 5.27. The molecule has 7 heteroatoms. The maximum absolute atomic E-state index is 11.8. The lowest BCUT2D eigenvalue weighted by atomic mass is 10.3. The van der Waals surface area contributed by atoms with Gasteiger partial charge in [0, 0.05) is 0 Å². The van der Waals surface area contributed by atoms with Gasteiger partial charge in [0.05, 0.1) is 18.6 Å². The van der Waals surface area contributed by atoms with Crippen LogP contribution in [0.5, 0.6) is 5.75 Å². The van der Waals surface area contributed by atoms with Crippen LogP contribution < -0.4 is 10.1 Å². The highest BCUT2D eigenvalue weighted by molar-refractivity contribution is 7.91. The molecule has 1 aromatic rings. The van der Waals surface area contributed by atoms with Gasteiger partial charge in [-0.25, -0.2) is 13.2 Å². The number of benzene rings is 1. The van der Waals surface area contributed by atoms with E-state index in [1.54, 1.807) is 6.92 Å². The standard InChI is InChI=1S/C11H15NO5S/c1-3-17-11(13)12-8-18(14,15)10-6-4-9(16-2)5-7-10/h4-7H,3,8H2,1-2H3,(H,12,13). The van der Waals surface area contributed by atoms with Crippen molar-refractivity contribution in [3.63, 3.8) is 0 Å². The Morgan fingerprint density at radius 2 is 1.89 bits per heavy atom. The molecule has 0 radical (unpaired) electrons. The van der Waals surface area contributed by atoms with E-state index >= 15 is 0 Å². The van der Waals surface area contributed by atoms with Crippen LogP contribution in [0.25, 0.3) is 0 Å². The SMILES string of the molecule is CCOC(=O)NCS(=O)(=O)c1ccc(OC)cc1. The summed E-state index contributed by atoms with van der Waals surface area (Å²) >= 11 is 0. The fourth-order valence-electron chi connectivity index (χ4n) is 1.20. The van der Waals surface area contributed by atoms with Crippen molar-refractivity contribution in [2.75, 3.05) is 19.6 Å². The molecule has 0 spiro atoms. The number of rotatable bonds is 5. The Morgan fingerprint density at radius 1 is 1.28 bits per heavy atom. The number of hydrogen-bond acceptors (Lipinski definition) is 5. The second-order valence-electron chi connectivity index (χ2n) is 3.33. The van der Waals surface area contributed by atoms with Gasteiger partial charge in [0.1, 0.15) is 11.6 Å². The summed E-state index contributed by atoms with van der Waals surface area (Å²) in [6.45, 7) is 1.83. The summed E-state index contributed by atoms with van der Waals surface area (Å²) in [5, 5.41) is 2.17. The Morgan fingerprint density at radius 3 is 2.39 bits per heavy atom. The summed E-state index contributed by atoms with van der Waals surface area (Å²) in [4.78, 5) is 11.1. The van der Waals surface area contributed by atoms with E-state index in [1.807, 2.05) is 0 Å². The van der Waals surface area contributed by atoms with Gasteiger partial charge >= 0.3 is 6.09 Å². The summed E-state index contributed by atoms with van der Waals surface area (Å²) in [6.07, 6.45) is -0.755. The van der Waals surface area contributed by atoms with Crippen molar-refractivity contribution in [1.29, 1.82) is 0 Å². The first-order chi connectivity index (χ1) is 8.49. The molecule has 6 nitrogen and oxygen atoms in total. The van der Waals surface area contributed by atoms with Crippen LogP contribution in [-0.2, 0) is 14.6 Å². The van der Waals surface area contributed by atoms with E-state index in [-0.39, 0.29) is 11.5 Å². The number of carbonyl (C=O) groups excluding carboxylic acids is 1. The van der Waals surface area contributed by atoms with Crippen molar-refractivity contribution >= 4 is 15.9 Å². The van der Waals surface area contributed by atoms with Crippen molar-refractivity contribution in [2.24, 2.45) is 0 Å². The smallest absolute Gasteiger partial charge is 0.407 e. The lowest BCUT2D eigenvalue weighted by Gasteiger charge is -2.07. The molecule has 18 heavy (non-hydrogen) atoms. The molecule has 0 heterocycles. The van der Waals surface area contributed by atoms with E-state index in [0.717, 1.165) is 0 Å². The molecule has 0 saturated carbocycles. The lowest BCUT2D eigenvalue weighted by Crippen LogP contribution is -2.30. The molecule has 100 valence electrons. The number of hydrogen-bond donors (Lipinski definition) is 1. The van der Waals surface area contributed by atoms with Crippen molar-refractivity contribution in [3.05, 3.63) is 24.3 Å². The number of amides is 1. The first-order valence-corrected chi connectivity index (χ1v) is 6.92. The van der Waals surface area contributed by atoms with Gasteiger partial charge in [-0.1, -0.05) is 0 Å². The maximum Gasteiger partial charge on any atom is 0.407 e. The fraction of sp³-hybridized carbons (Fsp3) is 0.364. The predicted octanol–water partition coefficient (Wildman–Crippen LogP) is 1.17. The van der Waals surface area contributed by atoms with Gasteiger partial charge in [-0.15, -0.1) is 0 Å². The third-order valence-corrected chi connectivity index (χ3v) is 3.62. The number of alkyl carbamates (subject to hydrolysis) is 1. The van der Waals surface area contributed by atoms with Gasteiger partial charge < -0.3 is 14.8 Å². The minimum absolute atomic E-state index is 0.111. The third kappa shape index (κ3) is 3.92. The number of methoxy groups -OCH3 is 1. The highest BCUT2D eigenvalue weighted by atomic mass is 32.2. The molecule has 1 N–H and O–H groups in total. The Bertz CT molecular complexity index is 495. The van der Waals surface area contributed by atoms with Crippen LogP contribution in [0.15, 0.2) is 29.2 Å². The first kappa shape index (κ1) is 14.3. The molecule has 1 aromatic carbocycles. The van der Waals surface area contributed by atoms with Gasteiger partial charge in [0.15, 0.2) is 9.84 Å². The van der Waals surface area contributed by atoms with Crippen LogP contribution in [-0.4, -0.2) is 34.1 Å². The quantitative estimate of drug-likeness (QED) is 0.871. The molecule has 0 unspecified atom stereocenters. The summed E-state index contributed by atoms with van der Waals surface area (Å²) in [7, 11) is -2.07. The molecule has 0 aliphatic rings. The summed E-state index contributed by atoms with van der Waals surface area (Å²) in [6, 6.07) is 5.91. The second-order valence-corrected chi connectivity index (χ2v) is 5.32. The number of nitrogens with one attached hydrogen (secondary N) is 1. The highest BCUT2D eigenvalue weighted by Gasteiger charge is 2.15. The van der Waals surface area contributed by atoms with E-state index in [2.05, 4.69) is 10.1 Å². The number of ether oxygens (including phenoxy) is 2. The van der Waals surface area contributed by atoms with Crippen LogP contribution in [0.2, 0.25) is 0 Å². The molecule has 0 aliphatic carbocycles. The summed E-state index contributed by atoms with van der Waals surface area (Å²) in [5.41, 5.74) is 0. The zero-order chi connectivity index (χ0) is 13.6. The van der Waals surface area contributed by atoms with Gasteiger partial charge in [0.2, 0.25) is 0 Å². The molecule has 0 aromatic heterocycles. The van der Waals surface area contributed by atoms with Crippen molar-refractivity contribution < 1.29 is 22.7 Å². The van der Waals surface area contributed by atoms with Crippen molar-refractivity contribution in [2.45, 2.75) is 11.8 Å². The van der Waals surface area contributed by atoms with Crippen LogP contribution in [0, 0.1) is 0 Å². The molecule has 0 aliphatic heterocycles. The van der Waals surface area contributed by atoms with Gasteiger partial charge in [-0.2, -0.15) is 0 Å². The second kappa shape index (κ2) is 6.25. The molecular weight excluding hydrogens is 258 g/mol. The zero-order valence-corrected chi connectivity index (χ0v) is 11.0. The van der Waals surface area contributed by atoms with Gasteiger partial charge in [-0.05, 0) is 31.2 Å². The Balaban J connectivity index is 2.70. The van der Waals surface area contributed by atoms with Crippen molar-refractivity contribution in [1.82, 2.24) is 5.32 Å². The van der Waals surface area contributed by atoms with E-state index in [4.69, 9.17) is 4.74 Å². The minimum Gasteiger partial charge on any atom is -0.497 e. The minimum atomic E-state index is -3.57. The Hall–Kier alpha value is -1.76.